The molecule has 0 N–H and O–H groups in total. The highest BCUT2D eigenvalue weighted by Crippen LogP contribution is 2.08. The first-order chi connectivity index (χ1) is 4.09. The van der Waals surface area contributed by atoms with Crippen LogP contribution in [-0.2, 0) is 4.79 Å². The van der Waals surface area contributed by atoms with Gasteiger partial charge < -0.3 is 0 Å². The van der Waals surface area contributed by atoms with Crippen molar-refractivity contribution < 1.29 is 4.79 Å². The van der Waals surface area contributed by atoms with Gasteiger partial charge in [-0.2, -0.15) is 0 Å². The van der Waals surface area contributed by atoms with Crippen molar-refractivity contribution in [3.63, 3.8) is 0 Å². The molecule has 0 aliphatic heterocycles. The Morgan fingerprint density at radius 1 is 1.44 bits per heavy atom. The van der Waals surface area contributed by atoms with Crippen molar-refractivity contribution in [2.24, 2.45) is 0 Å². The Kier molecular flexibility index (Phi) is 2.93. The van der Waals surface area contributed by atoms with Gasteiger partial charge >= 0.3 is 0 Å². The Balaban J connectivity index is 4.05. The molecule has 0 rings (SSSR count). The molecule has 0 amide bonds. The zero-order valence-corrected chi connectivity index (χ0v) is 6.03. The quantitative estimate of drug-likeness (QED) is 0.416. The number of ketones is 1. The Morgan fingerprint density at radius 3 is 2.00 bits per heavy atom. The van der Waals surface area contributed by atoms with E-state index >= 15 is 0 Å². The van der Waals surface area contributed by atoms with Crippen molar-refractivity contribution in [1.82, 2.24) is 0 Å². The highest BCUT2D eigenvalue weighted by molar-refractivity contribution is 5.96. The third-order valence-electron chi connectivity index (χ3n) is 1.28. The molecular weight excluding hydrogens is 112 g/mol. The first-order valence-corrected chi connectivity index (χ1v) is 2.97. The van der Waals surface area contributed by atoms with Crippen LogP contribution >= 0.6 is 0 Å². The van der Waals surface area contributed by atoms with Crippen molar-refractivity contribution >= 4 is 5.78 Å². The van der Waals surface area contributed by atoms with Crippen LogP contribution < -0.4 is 0 Å². The van der Waals surface area contributed by atoms with E-state index in [0.717, 1.165) is 12.0 Å². The molecule has 9 heavy (non-hydrogen) atoms. The number of hydrogen-bond acceptors (Lipinski definition) is 1. The summed E-state index contributed by atoms with van der Waals surface area (Å²) in [5, 5.41) is 0. The molecule has 50 valence electrons. The lowest BCUT2D eigenvalue weighted by Gasteiger charge is -1.99. The van der Waals surface area contributed by atoms with Crippen LogP contribution in [0.25, 0.3) is 0 Å². The maximum Gasteiger partial charge on any atom is 0.159 e. The van der Waals surface area contributed by atoms with E-state index in [1.165, 1.54) is 6.92 Å². The van der Waals surface area contributed by atoms with Crippen LogP contribution in [0.4, 0.5) is 0 Å². The van der Waals surface area contributed by atoms with Crippen LogP contribution in [0.15, 0.2) is 24.3 Å². The molecule has 0 atom stereocenters. The summed E-state index contributed by atoms with van der Waals surface area (Å²) in [6.07, 6.45) is 0.804. The van der Waals surface area contributed by atoms with Gasteiger partial charge in [-0.1, -0.05) is 20.1 Å². The van der Waals surface area contributed by atoms with Crippen LogP contribution in [0.2, 0.25) is 0 Å². The SMILES string of the molecule is C=C(CC)C(=C)C(C)=O. The van der Waals surface area contributed by atoms with Gasteiger partial charge in [0.2, 0.25) is 0 Å². The number of carbonyl (C=O) groups is 1. The van der Waals surface area contributed by atoms with E-state index in [-0.39, 0.29) is 5.78 Å². The fraction of sp³-hybridized carbons (Fsp3) is 0.375. The largest absolute Gasteiger partial charge is 0.295 e. The van der Waals surface area contributed by atoms with Gasteiger partial charge in [-0.3, -0.25) is 4.79 Å². The van der Waals surface area contributed by atoms with Gasteiger partial charge in [0.25, 0.3) is 0 Å². The minimum atomic E-state index is 0.0156. The van der Waals surface area contributed by atoms with Gasteiger partial charge in [-0.05, 0) is 18.9 Å². The van der Waals surface area contributed by atoms with E-state index in [0.29, 0.717) is 5.57 Å². The summed E-state index contributed by atoms with van der Waals surface area (Å²) in [6.45, 7) is 10.7. The minimum absolute atomic E-state index is 0.0156. The van der Waals surface area contributed by atoms with Crippen molar-refractivity contribution in [1.29, 1.82) is 0 Å². The summed E-state index contributed by atoms with van der Waals surface area (Å²) >= 11 is 0. The molecule has 0 radical (unpaired) electrons. The molecular formula is C8H12O. The van der Waals surface area contributed by atoms with Crippen LogP contribution in [0, 0.1) is 0 Å². The second kappa shape index (κ2) is 3.23. The number of Topliss-reactive ketones (excluding diaryl/α,β-unsaturated/α-hetero) is 1. The van der Waals surface area contributed by atoms with E-state index in [4.69, 9.17) is 0 Å². The molecule has 0 heterocycles. The summed E-state index contributed by atoms with van der Waals surface area (Å²) in [5.74, 6) is 0.0156. The van der Waals surface area contributed by atoms with E-state index in [9.17, 15) is 4.79 Å². The average Bonchev–Trinajstić information content (AvgIpc) is 1.84. The standard InChI is InChI=1S/C8H12O/c1-5-6(2)7(3)8(4)9/h2-3,5H2,1,4H3. The van der Waals surface area contributed by atoms with E-state index < -0.39 is 0 Å². The van der Waals surface area contributed by atoms with E-state index in [1.54, 1.807) is 0 Å². The molecule has 0 aliphatic carbocycles. The van der Waals surface area contributed by atoms with Gasteiger partial charge in [0.15, 0.2) is 5.78 Å². The van der Waals surface area contributed by atoms with Crippen LogP contribution in [0.5, 0.6) is 0 Å². The zero-order valence-electron chi connectivity index (χ0n) is 6.03. The van der Waals surface area contributed by atoms with E-state index in [2.05, 4.69) is 13.2 Å². The zero-order chi connectivity index (χ0) is 7.44. The number of carbonyl (C=O) groups excluding carboxylic acids is 1. The highest BCUT2D eigenvalue weighted by atomic mass is 16.1. The molecule has 0 bridgehead atoms. The second-order valence-corrected chi connectivity index (χ2v) is 1.99. The highest BCUT2D eigenvalue weighted by Gasteiger charge is 2.01. The molecule has 0 saturated heterocycles. The third kappa shape index (κ3) is 2.27. The molecule has 0 aliphatic rings. The lowest BCUT2D eigenvalue weighted by atomic mass is 10.0. The van der Waals surface area contributed by atoms with Crippen molar-refractivity contribution in [3.05, 3.63) is 24.3 Å². The first kappa shape index (κ1) is 8.15. The fourth-order valence-electron chi connectivity index (χ4n) is 0.462. The lowest BCUT2D eigenvalue weighted by Crippen LogP contribution is -1.96. The predicted molar refractivity (Wildman–Crippen MR) is 39.3 cm³/mol. The van der Waals surface area contributed by atoms with Crippen LogP contribution in [0.3, 0.4) is 0 Å². The van der Waals surface area contributed by atoms with Gasteiger partial charge in [0.1, 0.15) is 0 Å². The van der Waals surface area contributed by atoms with E-state index in [1.807, 2.05) is 6.92 Å². The lowest BCUT2D eigenvalue weighted by molar-refractivity contribution is -0.113. The van der Waals surface area contributed by atoms with Gasteiger partial charge in [-0.15, -0.1) is 0 Å². The summed E-state index contributed by atoms with van der Waals surface area (Å²) in [7, 11) is 0. The van der Waals surface area contributed by atoms with Crippen molar-refractivity contribution in [3.8, 4) is 0 Å². The smallest absolute Gasteiger partial charge is 0.159 e. The molecule has 0 aromatic heterocycles. The average molecular weight is 124 g/mol. The Bertz CT molecular complexity index is 154. The molecule has 0 aromatic carbocycles. The molecule has 0 unspecified atom stereocenters. The van der Waals surface area contributed by atoms with Gasteiger partial charge in [0, 0.05) is 5.57 Å². The number of allylic oxidation sites excluding steroid dienone is 2. The Morgan fingerprint density at radius 2 is 1.89 bits per heavy atom. The van der Waals surface area contributed by atoms with Crippen LogP contribution in [-0.4, -0.2) is 5.78 Å². The topological polar surface area (TPSA) is 17.1 Å². The second-order valence-electron chi connectivity index (χ2n) is 1.99. The molecule has 1 heteroatoms. The summed E-state index contributed by atoms with van der Waals surface area (Å²) in [5.41, 5.74) is 1.39. The number of hydrogen-bond donors (Lipinski definition) is 0. The summed E-state index contributed by atoms with van der Waals surface area (Å²) in [4.78, 5) is 10.6. The molecule has 0 fully saturated rings. The molecule has 0 aromatic rings. The third-order valence-corrected chi connectivity index (χ3v) is 1.28. The first-order valence-electron chi connectivity index (χ1n) is 2.97. The normalized spacial score (nSPS) is 8.67. The molecule has 1 nitrogen and oxygen atoms in total. The minimum Gasteiger partial charge on any atom is -0.295 e. The van der Waals surface area contributed by atoms with Gasteiger partial charge in [-0.25, -0.2) is 0 Å². The fourth-order valence-corrected chi connectivity index (χ4v) is 0.462. The maximum absolute atomic E-state index is 10.6. The van der Waals surface area contributed by atoms with Crippen LogP contribution in [0.1, 0.15) is 20.3 Å². The Hall–Kier alpha value is -0.850. The summed E-state index contributed by atoms with van der Waals surface area (Å²) < 4.78 is 0. The maximum atomic E-state index is 10.6. The van der Waals surface area contributed by atoms with Crippen molar-refractivity contribution in [2.75, 3.05) is 0 Å². The van der Waals surface area contributed by atoms with Gasteiger partial charge in [0.05, 0.1) is 0 Å². The Labute approximate surface area is 56.1 Å². The molecule has 0 saturated carbocycles. The summed E-state index contributed by atoms with van der Waals surface area (Å²) in [6, 6.07) is 0. The van der Waals surface area contributed by atoms with Crippen molar-refractivity contribution in [2.45, 2.75) is 20.3 Å². The molecule has 0 spiro atoms. The number of rotatable bonds is 3. The monoisotopic (exact) mass is 124 g/mol. The predicted octanol–water partition coefficient (Wildman–Crippen LogP) is 2.10.